The van der Waals surface area contributed by atoms with Gasteiger partial charge in [-0.1, -0.05) is 35.9 Å². The second kappa shape index (κ2) is 6.39. The highest BCUT2D eigenvalue weighted by molar-refractivity contribution is 5.40. The first-order chi connectivity index (χ1) is 9.15. The molecule has 19 heavy (non-hydrogen) atoms. The van der Waals surface area contributed by atoms with E-state index in [0.29, 0.717) is 0 Å². The molecule has 0 radical (unpaired) electrons. The van der Waals surface area contributed by atoms with Gasteiger partial charge in [0.25, 0.3) is 0 Å². The maximum absolute atomic E-state index is 5.76. The Balaban J connectivity index is 1.81. The zero-order chi connectivity index (χ0) is 13.7. The fourth-order valence-corrected chi connectivity index (χ4v) is 2.29. The molecule has 2 rings (SSSR count). The van der Waals surface area contributed by atoms with Crippen LogP contribution in [0.1, 0.15) is 22.3 Å². The molecule has 3 N–H and O–H groups in total. The van der Waals surface area contributed by atoms with Gasteiger partial charge in [0.15, 0.2) is 0 Å². The summed E-state index contributed by atoms with van der Waals surface area (Å²) in [6.07, 6.45) is 1.06. The molecule has 0 saturated carbocycles. The number of nitrogen functional groups attached to an aromatic ring is 1. The first kappa shape index (κ1) is 13.6. The molecule has 2 heteroatoms. The largest absolute Gasteiger partial charge is 0.399 e. The molecule has 0 aromatic heterocycles. The Morgan fingerprint density at radius 1 is 1.05 bits per heavy atom. The number of benzene rings is 2. The van der Waals surface area contributed by atoms with E-state index in [1.54, 1.807) is 0 Å². The molecule has 0 bridgehead atoms. The van der Waals surface area contributed by atoms with Gasteiger partial charge in [0.05, 0.1) is 0 Å². The van der Waals surface area contributed by atoms with Gasteiger partial charge in [0.1, 0.15) is 0 Å². The summed E-state index contributed by atoms with van der Waals surface area (Å²) in [4.78, 5) is 0. The van der Waals surface area contributed by atoms with Crippen molar-refractivity contribution in [3.8, 4) is 0 Å². The Kier molecular flexibility index (Phi) is 4.58. The number of nitrogens with one attached hydrogen (secondary N) is 1. The number of hydrogen-bond acceptors (Lipinski definition) is 2. The number of rotatable bonds is 5. The molecule has 0 aliphatic carbocycles. The summed E-state index contributed by atoms with van der Waals surface area (Å²) in [6.45, 7) is 6.17. The Hall–Kier alpha value is -1.80. The second-order valence-corrected chi connectivity index (χ2v) is 5.10. The van der Waals surface area contributed by atoms with Crippen molar-refractivity contribution in [2.45, 2.75) is 26.8 Å². The highest BCUT2D eigenvalue weighted by Crippen LogP contribution is 2.11. The van der Waals surface area contributed by atoms with Crippen LogP contribution in [-0.2, 0) is 13.0 Å². The molecule has 0 unspecified atom stereocenters. The lowest BCUT2D eigenvalue weighted by molar-refractivity contribution is 0.685. The normalized spacial score (nSPS) is 10.6. The van der Waals surface area contributed by atoms with Crippen LogP contribution in [0.25, 0.3) is 0 Å². The maximum atomic E-state index is 5.76. The molecule has 100 valence electrons. The van der Waals surface area contributed by atoms with Crippen LogP contribution in [0.3, 0.4) is 0 Å². The predicted molar refractivity (Wildman–Crippen MR) is 82.2 cm³/mol. The van der Waals surface area contributed by atoms with E-state index < -0.39 is 0 Å². The van der Waals surface area contributed by atoms with Crippen molar-refractivity contribution in [1.82, 2.24) is 5.32 Å². The molecule has 0 saturated heterocycles. The van der Waals surface area contributed by atoms with Crippen molar-refractivity contribution in [3.63, 3.8) is 0 Å². The van der Waals surface area contributed by atoms with Crippen LogP contribution in [0.2, 0.25) is 0 Å². The Morgan fingerprint density at radius 3 is 2.63 bits per heavy atom. The quantitative estimate of drug-likeness (QED) is 0.635. The van der Waals surface area contributed by atoms with E-state index in [-0.39, 0.29) is 0 Å². The Morgan fingerprint density at radius 2 is 1.89 bits per heavy atom. The molecule has 2 nitrogen and oxygen atoms in total. The van der Waals surface area contributed by atoms with Crippen molar-refractivity contribution < 1.29 is 0 Å². The summed E-state index contributed by atoms with van der Waals surface area (Å²) >= 11 is 0. The predicted octanol–water partition coefficient (Wildman–Crippen LogP) is 3.22. The van der Waals surface area contributed by atoms with Crippen LogP contribution < -0.4 is 11.1 Å². The van der Waals surface area contributed by atoms with Crippen molar-refractivity contribution in [3.05, 3.63) is 64.7 Å². The lowest BCUT2D eigenvalue weighted by Crippen LogP contribution is -2.17. The highest BCUT2D eigenvalue weighted by Gasteiger charge is 1.99. The van der Waals surface area contributed by atoms with Gasteiger partial charge in [-0.15, -0.1) is 0 Å². The summed E-state index contributed by atoms with van der Waals surface area (Å²) in [6, 6.07) is 14.7. The zero-order valence-corrected chi connectivity index (χ0v) is 11.7. The summed E-state index contributed by atoms with van der Waals surface area (Å²) < 4.78 is 0. The van der Waals surface area contributed by atoms with Crippen molar-refractivity contribution in [2.75, 3.05) is 12.3 Å². The highest BCUT2D eigenvalue weighted by atomic mass is 14.8. The van der Waals surface area contributed by atoms with Gasteiger partial charge in [-0.25, -0.2) is 0 Å². The maximum Gasteiger partial charge on any atom is 0.0317 e. The lowest BCUT2D eigenvalue weighted by Gasteiger charge is -2.08. The number of anilines is 1. The van der Waals surface area contributed by atoms with Crippen LogP contribution in [0, 0.1) is 13.8 Å². The molecule has 0 fully saturated rings. The molecule has 2 aromatic rings. The second-order valence-electron chi connectivity index (χ2n) is 5.10. The molecule has 0 aliphatic rings. The van der Waals surface area contributed by atoms with Crippen LogP contribution >= 0.6 is 0 Å². The van der Waals surface area contributed by atoms with Crippen molar-refractivity contribution in [2.24, 2.45) is 0 Å². The van der Waals surface area contributed by atoms with E-state index in [9.17, 15) is 0 Å². The number of hydrogen-bond donors (Lipinski definition) is 2. The fourth-order valence-electron chi connectivity index (χ4n) is 2.29. The molecule has 0 spiro atoms. The van der Waals surface area contributed by atoms with E-state index in [1.807, 2.05) is 18.2 Å². The van der Waals surface area contributed by atoms with Crippen LogP contribution in [0.4, 0.5) is 5.69 Å². The van der Waals surface area contributed by atoms with Crippen molar-refractivity contribution in [1.29, 1.82) is 0 Å². The minimum atomic E-state index is 0.827. The summed E-state index contributed by atoms with van der Waals surface area (Å²) in [5, 5.41) is 3.46. The SMILES string of the molecule is Cc1ccc(CCNCc2cccc(N)c2)c(C)c1. The van der Waals surface area contributed by atoms with Gasteiger partial charge in [0, 0.05) is 12.2 Å². The average Bonchev–Trinajstić information content (AvgIpc) is 2.37. The van der Waals surface area contributed by atoms with Crippen LogP contribution in [0.5, 0.6) is 0 Å². The fraction of sp³-hybridized carbons (Fsp3) is 0.294. The van der Waals surface area contributed by atoms with Crippen LogP contribution in [-0.4, -0.2) is 6.54 Å². The smallest absolute Gasteiger partial charge is 0.0317 e. The zero-order valence-electron chi connectivity index (χ0n) is 11.7. The first-order valence-electron chi connectivity index (χ1n) is 6.76. The third-order valence-corrected chi connectivity index (χ3v) is 3.35. The standard InChI is InChI=1S/C17H22N2/c1-13-6-7-16(14(2)10-13)8-9-19-12-15-4-3-5-17(18)11-15/h3-7,10-11,19H,8-9,12,18H2,1-2H3. The first-order valence-corrected chi connectivity index (χ1v) is 6.76. The molecule has 2 aromatic carbocycles. The van der Waals surface area contributed by atoms with E-state index in [1.165, 1.54) is 22.3 Å². The van der Waals surface area contributed by atoms with Crippen molar-refractivity contribution >= 4 is 5.69 Å². The molecule has 0 heterocycles. The molecule has 0 amide bonds. The minimum Gasteiger partial charge on any atom is -0.399 e. The Bertz CT molecular complexity index is 547. The van der Waals surface area contributed by atoms with Crippen LogP contribution in [0.15, 0.2) is 42.5 Å². The van der Waals surface area contributed by atoms with Gasteiger partial charge in [0.2, 0.25) is 0 Å². The van der Waals surface area contributed by atoms with Gasteiger partial charge in [-0.05, 0) is 55.6 Å². The van der Waals surface area contributed by atoms with E-state index in [2.05, 4.69) is 43.4 Å². The molecular weight excluding hydrogens is 232 g/mol. The van der Waals surface area contributed by atoms with Gasteiger partial charge < -0.3 is 11.1 Å². The summed E-state index contributed by atoms with van der Waals surface area (Å²) in [7, 11) is 0. The lowest BCUT2D eigenvalue weighted by atomic mass is 10.0. The number of nitrogens with two attached hydrogens (primary N) is 1. The molecular formula is C17H22N2. The third-order valence-electron chi connectivity index (χ3n) is 3.35. The van der Waals surface area contributed by atoms with E-state index in [0.717, 1.165) is 25.2 Å². The Labute approximate surface area is 115 Å². The van der Waals surface area contributed by atoms with Gasteiger partial charge >= 0.3 is 0 Å². The molecule has 0 aliphatic heterocycles. The van der Waals surface area contributed by atoms with E-state index in [4.69, 9.17) is 5.73 Å². The number of aryl methyl sites for hydroxylation is 2. The third kappa shape index (κ3) is 4.11. The monoisotopic (exact) mass is 254 g/mol. The minimum absolute atomic E-state index is 0.827. The summed E-state index contributed by atoms with van der Waals surface area (Å²) in [5.74, 6) is 0. The van der Waals surface area contributed by atoms with E-state index >= 15 is 0 Å². The summed E-state index contributed by atoms with van der Waals surface area (Å²) in [5.41, 5.74) is 12.0. The van der Waals surface area contributed by atoms with Gasteiger partial charge in [-0.2, -0.15) is 0 Å². The molecule has 0 atom stereocenters. The van der Waals surface area contributed by atoms with Gasteiger partial charge in [-0.3, -0.25) is 0 Å². The topological polar surface area (TPSA) is 38.0 Å². The average molecular weight is 254 g/mol.